The minimum absolute atomic E-state index is 0.124. The second-order valence-corrected chi connectivity index (χ2v) is 7.54. The summed E-state index contributed by atoms with van der Waals surface area (Å²) in [6.45, 7) is 1.83. The first-order valence-electron chi connectivity index (χ1n) is 9.11. The number of likely N-dealkylation sites (N-methyl/N-ethyl adjacent to an activating group) is 1. The summed E-state index contributed by atoms with van der Waals surface area (Å²) < 4.78 is 0. The molecule has 7 heteroatoms. The highest BCUT2D eigenvalue weighted by Gasteiger charge is 2.34. The molecule has 0 bridgehead atoms. The fourth-order valence-corrected chi connectivity index (χ4v) is 4.05. The molecule has 0 aliphatic carbocycles. The Labute approximate surface area is 167 Å². The number of nitrogens with two attached hydrogens (primary N) is 1. The number of carbonyl (C=O) groups is 2. The van der Waals surface area contributed by atoms with Crippen LogP contribution in [0.2, 0.25) is 5.02 Å². The summed E-state index contributed by atoms with van der Waals surface area (Å²) in [7, 11) is 2.00. The normalized spacial score (nSPS) is 17.8. The van der Waals surface area contributed by atoms with Gasteiger partial charge in [-0.2, -0.15) is 0 Å². The fraction of sp³-hybridized carbons (Fsp3) is 0.238. The monoisotopic (exact) mass is 396 g/mol. The lowest BCUT2D eigenvalue weighted by molar-refractivity contribution is 0.101. The Bertz CT molecular complexity index is 1050. The first kappa shape index (κ1) is 18.5. The lowest BCUT2D eigenvalue weighted by Crippen LogP contribution is -2.51. The van der Waals surface area contributed by atoms with Crippen molar-refractivity contribution in [3.8, 4) is 0 Å². The van der Waals surface area contributed by atoms with Crippen LogP contribution in [0.3, 0.4) is 0 Å². The van der Waals surface area contributed by atoms with E-state index in [2.05, 4.69) is 9.88 Å². The van der Waals surface area contributed by atoms with Crippen LogP contribution in [-0.2, 0) is 0 Å². The van der Waals surface area contributed by atoms with Gasteiger partial charge in [-0.25, -0.2) is 4.79 Å². The third-order valence-electron chi connectivity index (χ3n) is 5.26. The number of amides is 2. The number of H-pyrrole nitrogens is 1. The molecule has 0 spiro atoms. The smallest absolute Gasteiger partial charge is 0.315 e. The van der Waals surface area contributed by atoms with Crippen molar-refractivity contribution in [2.45, 2.75) is 6.04 Å². The number of urea groups is 1. The Hall–Kier alpha value is -2.83. The molecule has 4 rings (SSSR count). The molecule has 0 radical (unpaired) electrons. The van der Waals surface area contributed by atoms with Crippen molar-refractivity contribution in [3.63, 3.8) is 0 Å². The molecule has 1 unspecified atom stereocenters. The van der Waals surface area contributed by atoms with Gasteiger partial charge in [-0.1, -0.05) is 48.0 Å². The van der Waals surface area contributed by atoms with Crippen LogP contribution in [0.25, 0.3) is 10.9 Å². The third kappa shape index (κ3) is 3.25. The van der Waals surface area contributed by atoms with Crippen molar-refractivity contribution in [1.82, 2.24) is 14.8 Å². The number of ketones is 1. The molecule has 3 N–H and O–H groups in total. The van der Waals surface area contributed by atoms with Crippen molar-refractivity contribution >= 4 is 34.3 Å². The van der Waals surface area contributed by atoms with E-state index in [0.717, 1.165) is 23.0 Å². The first-order valence-corrected chi connectivity index (χ1v) is 9.49. The van der Waals surface area contributed by atoms with Crippen LogP contribution in [0, 0.1) is 0 Å². The molecule has 1 aliphatic rings. The van der Waals surface area contributed by atoms with Crippen molar-refractivity contribution in [1.29, 1.82) is 0 Å². The Morgan fingerprint density at radius 3 is 2.61 bits per heavy atom. The van der Waals surface area contributed by atoms with Crippen molar-refractivity contribution in [3.05, 3.63) is 70.4 Å². The molecular formula is C21H21ClN4O2. The molecule has 3 aromatic rings. The van der Waals surface area contributed by atoms with E-state index in [4.69, 9.17) is 17.3 Å². The number of aromatic amines is 1. The maximum atomic E-state index is 13.3. The largest absolute Gasteiger partial charge is 0.351 e. The van der Waals surface area contributed by atoms with Crippen LogP contribution in [0.15, 0.2) is 48.5 Å². The Balaban J connectivity index is 1.92. The molecule has 1 saturated heterocycles. The van der Waals surface area contributed by atoms with Crippen molar-refractivity contribution < 1.29 is 9.59 Å². The van der Waals surface area contributed by atoms with Gasteiger partial charge in [-0.3, -0.25) is 4.79 Å². The number of halogens is 1. The first-order chi connectivity index (χ1) is 13.5. The lowest BCUT2D eigenvalue weighted by Gasteiger charge is -2.39. The van der Waals surface area contributed by atoms with Gasteiger partial charge in [-0.15, -0.1) is 0 Å². The zero-order valence-corrected chi connectivity index (χ0v) is 16.2. The Morgan fingerprint density at radius 2 is 1.89 bits per heavy atom. The van der Waals surface area contributed by atoms with E-state index in [1.807, 2.05) is 31.3 Å². The standard InChI is InChI=1S/C21H21ClN4O2/c1-25-9-10-26(21(23)28)17(12-25)18-15-8-7-14(22)11-16(15)24-19(18)20(27)13-5-3-2-4-6-13/h2-8,11,17,24H,9-10,12H2,1H3,(H2,23,28). The summed E-state index contributed by atoms with van der Waals surface area (Å²) >= 11 is 6.17. The van der Waals surface area contributed by atoms with Gasteiger partial charge in [0, 0.05) is 46.7 Å². The highest BCUT2D eigenvalue weighted by molar-refractivity contribution is 6.31. The number of hydrogen-bond acceptors (Lipinski definition) is 3. The van der Waals surface area contributed by atoms with E-state index in [1.54, 1.807) is 29.2 Å². The van der Waals surface area contributed by atoms with E-state index in [-0.39, 0.29) is 11.8 Å². The van der Waals surface area contributed by atoms with E-state index in [9.17, 15) is 9.59 Å². The number of benzene rings is 2. The van der Waals surface area contributed by atoms with Gasteiger partial charge in [0.05, 0.1) is 11.7 Å². The van der Waals surface area contributed by atoms with Gasteiger partial charge >= 0.3 is 6.03 Å². The molecule has 144 valence electrons. The maximum Gasteiger partial charge on any atom is 0.315 e. The van der Waals surface area contributed by atoms with Crippen molar-refractivity contribution in [2.75, 3.05) is 26.7 Å². The second kappa shape index (κ2) is 7.30. The van der Waals surface area contributed by atoms with Crippen LogP contribution in [0.5, 0.6) is 0 Å². The topological polar surface area (TPSA) is 82.4 Å². The Kier molecular flexibility index (Phi) is 4.83. The van der Waals surface area contributed by atoms with Crippen LogP contribution in [0.4, 0.5) is 4.79 Å². The highest BCUT2D eigenvalue weighted by Crippen LogP contribution is 2.36. The number of fused-ring (bicyclic) bond motifs is 1. The van der Waals surface area contributed by atoms with Gasteiger partial charge in [-0.05, 0) is 19.2 Å². The number of piperazine rings is 1. The van der Waals surface area contributed by atoms with Gasteiger partial charge in [0.15, 0.2) is 0 Å². The molecule has 0 saturated carbocycles. The molecule has 2 amide bonds. The van der Waals surface area contributed by atoms with Crippen molar-refractivity contribution in [2.24, 2.45) is 5.73 Å². The van der Waals surface area contributed by atoms with Crippen LogP contribution < -0.4 is 5.73 Å². The van der Waals surface area contributed by atoms with Gasteiger partial charge in [0.2, 0.25) is 5.78 Å². The summed E-state index contributed by atoms with van der Waals surface area (Å²) in [5, 5.41) is 1.45. The number of aromatic nitrogens is 1. The molecule has 1 aliphatic heterocycles. The number of hydrogen-bond donors (Lipinski definition) is 2. The summed E-state index contributed by atoms with van der Waals surface area (Å²) in [5.74, 6) is -0.124. The molecule has 1 fully saturated rings. The predicted octanol–water partition coefficient (Wildman–Crippen LogP) is 3.42. The maximum absolute atomic E-state index is 13.3. The van der Waals surface area contributed by atoms with Crippen LogP contribution in [-0.4, -0.2) is 53.3 Å². The number of carbonyl (C=O) groups excluding carboxylic acids is 2. The van der Waals surface area contributed by atoms with Crippen LogP contribution >= 0.6 is 11.6 Å². The number of nitrogens with zero attached hydrogens (tertiary/aromatic N) is 2. The summed E-state index contributed by atoms with van der Waals surface area (Å²) in [6, 6.07) is 13.8. The molecule has 1 aromatic heterocycles. The van der Waals surface area contributed by atoms with E-state index < -0.39 is 6.03 Å². The number of primary amides is 1. The average Bonchev–Trinajstić information content (AvgIpc) is 3.06. The molecule has 6 nitrogen and oxygen atoms in total. The minimum atomic E-state index is -0.487. The molecule has 2 aromatic carbocycles. The number of rotatable bonds is 3. The Morgan fingerprint density at radius 1 is 1.14 bits per heavy atom. The summed E-state index contributed by atoms with van der Waals surface area (Å²) in [4.78, 5) is 32.4. The molecule has 2 heterocycles. The van der Waals surface area contributed by atoms with E-state index >= 15 is 0 Å². The van der Waals surface area contributed by atoms with E-state index in [1.165, 1.54) is 0 Å². The predicted molar refractivity (Wildman–Crippen MR) is 110 cm³/mol. The zero-order chi connectivity index (χ0) is 19.8. The van der Waals surface area contributed by atoms with E-state index in [0.29, 0.717) is 29.4 Å². The zero-order valence-electron chi connectivity index (χ0n) is 15.5. The lowest BCUT2D eigenvalue weighted by atomic mass is 9.95. The summed E-state index contributed by atoms with van der Waals surface area (Å²) in [6.07, 6.45) is 0. The average molecular weight is 397 g/mol. The minimum Gasteiger partial charge on any atom is -0.351 e. The third-order valence-corrected chi connectivity index (χ3v) is 5.50. The highest BCUT2D eigenvalue weighted by atomic mass is 35.5. The van der Waals surface area contributed by atoms with Crippen LogP contribution in [0.1, 0.15) is 27.7 Å². The van der Waals surface area contributed by atoms with Gasteiger partial charge < -0.3 is 20.5 Å². The summed E-state index contributed by atoms with van der Waals surface area (Å²) in [5.41, 5.74) is 8.26. The SMILES string of the molecule is CN1CCN(C(N)=O)C(c2c(C(=O)c3ccccc3)[nH]c3cc(Cl)ccc23)C1. The quantitative estimate of drug-likeness (QED) is 0.665. The van der Waals surface area contributed by atoms with Gasteiger partial charge in [0.1, 0.15) is 0 Å². The molecule has 1 atom stereocenters. The fourth-order valence-electron chi connectivity index (χ4n) is 3.88. The molecule has 28 heavy (non-hydrogen) atoms. The van der Waals surface area contributed by atoms with Gasteiger partial charge in [0.25, 0.3) is 0 Å². The number of nitrogens with one attached hydrogen (secondary N) is 1. The second-order valence-electron chi connectivity index (χ2n) is 7.11. The molecular weight excluding hydrogens is 376 g/mol.